The van der Waals surface area contributed by atoms with Crippen molar-refractivity contribution in [3.05, 3.63) is 35.9 Å². The zero-order valence-electron chi connectivity index (χ0n) is 11.7. The second kappa shape index (κ2) is 7.20. The average Bonchev–Trinajstić information content (AvgIpc) is 2.77. The Kier molecular flexibility index (Phi) is 5.30. The van der Waals surface area contributed by atoms with Gasteiger partial charge in [-0.1, -0.05) is 30.3 Å². The fourth-order valence-corrected chi connectivity index (χ4v) is 2.45. The highest BCUT2D eigenvalue weighted by molar-refractivity contribution is 5.83. The molecule has 4 nitrogen and oxygen atoms in total. The number of ketones is 1. The fourth-order valence-electron chi connectivity index (χ4n) is 2.45. The van der Waals surface area contributed by atoms with Crippen molar-refractivity contribution in [3.63, 3.8) is 0 Å². The van der Waals surface area contributed by atoms with E-state index < -0.39 is 0 Å². The first kappa shape index (κ1) is 14.7. The van der Waals surface area contributed by atoms with E-state index in [-0.39, 0.29) is 30.0 Å². The highest BCUT2D eigenvalue weighted by Crippen LogP contribution is 2.28. The summed E-state index contributed by atoms with van der Waals surface area (Å²) < 4.78 is 10.7. The summed E-state index contributed by atoms with van der Waals surface area (Å²) in [6, 6.07) is 9.95. The number of cyclic esters (lactones) is 1. The first-order valence-corrected chi connectivity index (χ1v) is 6.94. The van der Waals surface area contributed by atoms with Gasteiger partial charge in [-0.15, -0.1) is 0 Å². The fraction of sp³-hybridized carbons (Fsp3) is 0.500. The molecule has 1 heterocycles. The number of rotatable bonds is 7. The Morgan fingerprint density at radius 1 is 1.35 bits per heavy atom. The Bertz CT molecular complexity index is 455. The van der Waals surface area contributed by atoms with Crippen molar-refractivity contribution in [1.29, 1.82) is 0 Å². The molecule has 1 saturated heterocycles. The molecule has 0 aliphatic carbocycles. The second-order valence-electron chi connectivity index (χ2n) is 5.23. The monoisotopic (exact) mass is 276 g/mol. The number of ether oxygens (including phenoxy) is 2. The van der Waals surface area contributed by atoms with Crippen molar-refractivity contribution in [3.8, 4) is 0 Å². The van der Waals surface area contributed by atoms with Gasteiger partial charge in [-0.25, -0.2) is 0 Å². The van der Waals surface area contributed by atoms with Gasteiger partial charge in [0.05, 0.1) is 19.1 Å². The maximum absolute atomic E-state index is 11.6. The molecule has 4 heteroatoms. The van der Waals surface area contributed by atoms with E-state index in [1.54, 1.807) is 0 Å². The summed E-state index contributed by atoms with van der Waals surface area (Å²) in [5.41, 5.74) is 1.13. The zero-order valence-corrected chi connectivity index (χ0v) is 11.7. The van der Waals surface area contributed by atoms with Gasteiger partial charge in [0.1, 0.15) is 5.78 Å². The number of hydrogen-bond acceptors (Lipinski definition) is 4. The summed E-state index contributed by atoms with van der Waals surface area (Å²) in [6.45, 7) is 3.06. The molecule has 108 valence electrons. The van der Waals surface area contributed by atoms with Gasteiger partial charge in [-0.2, -0.15) is 0 Å². The quantitative estimate of drug-likeness (QED) is 0.566. The molecule has 1 aromatic carbocycles. The third-order valence-electron chi connectivity index (χ3n) is 3.56. The molecule has 1 aliphatic rings. The molecule has 0 aromatic heterocycles. The average molecular weight is 276 g/mol. The topological polar surface area (TPSA) is 52.6 Å². The van der Waals surface area contributed by atoms with E-state index in [9.17, 15) is 9.59 Å². The van der Waals surface area contributed by atoms with Gasteiger partial charge in [0.25, 0.3) is 0 Å². The van der Waals surface area contributed by atoms with Crippen LogP contribution in [0.25, 0.3) is 0 Å². The first-order valence-electron chi connectivity index (χ1n) is 6.94. The molecule has 2 atom stereocenters. The molecule has 1 aliphatic heterocycles. The molecule has 0 N–H and O–H groups in total. The molecule has 1 fully saturated rings. The van der Waals surface area contributed by atoms with Crippen molar-refractivity contribution in [2.75, 3.05) is 13.2 Å². The van der Waals surface area contributed by atoms with E-state index in [0.29, 0.717) is 19.8 Å². The summed E-state index contributed by atoms with van der Waals surface area (Å²) in [7, 11) is 0. The largest absolute Gasteiger partial charge is 0.465 e. The minimum atomic E-state index is -0.284. The van der Waals surface area contributed by atoms with Crippen molar-refractivity contribution in [1.82, 2.24) is 0 Å². The van der Waals surface area contributed by atoms with Gasteiger partial charge in [0, 0.05) is 18.9 Å². The Hall–Kier alpha value is -1.68. The number of Topliss-reactive ketones (excluding diaryl/α,β-unsaturated/α-hetero) is 1. The van der Waals surface area contributed by atoms with Gasteiger partial charge in [-0.05, 0) is 18.9 Å². The molecule has 20 heavy (non-hydrogen) atoms. The predicted molar refractivity (Wildman–Crippen MR) is 74.0 cm³/mol. The van der Waals surface area contributed by atoms with Crippen LogP contribution in [0.2, 0.25) is 0 Å². The Labute approximate surface area is 119 Å². The molecule has 0 radical (unpaired) electrons. The van der Waals surface area contributed by atoms with E-state index >= 15 is 0 Å². The predicted octanol–water partition coefficient (Wildman–Crippen LogP) is 2.36. The summed E-state index contributed by atoms with van der Waals surface area (Å²) >= 11 is 0. The summed E-state index contributed by atoms with van der Waals surface area (Å²) in [4.78, 5) is 22.7. The smallest absolute Gasteiger partial charge is 0.309 e. The van der Waals surface area contributed by atoms with Crippen LogP contribution in [-0.4, -0.2) is 25.0 Å². The van der Waals surface area contributed by atoms with Gasteiger partial charge < -0.3 is 14.3 Å². The number of benzene rings is 1. The minimum Gasteiger partial charge on any atom is -0.465 e. The molecule has 0 saturated carbocycles. The van der Waals surface area contributed by atoms with Crippen LogP contribution < -0.4 is 0 Å². The molecule has 1 aromatic rings. The van der Waals surface area contributed by atoms with Crippen LogP contribution in [0.1, 0.15) is 25.3 Å². The number of carbonyl (C=O) groups is 2. The number of esters is 1. The Morgan fingerprint density at radius 3 is 2.80 bits per heavy atom. The maximum atomic E-state index is 11.6. The van der Waals surface area contributed by atoms with Crippen molar-refractivity contribution >= 4 is 11.8 Å². The first-order chi connectivity index (χ1) is 9.66. The SMILES string of the molecule is CC(=O)C[C@@H]1C(=O)OC[C@@H]1CCOCc1ccccc1. The lowest BCUT2D eigenvalue weighted by Gasteiger charge is -2.13. The van der Waals surface area contributed by atoms with Crippen LogP contribution in [0.5, 0.6) is 0 Å². The number of hydrogen-bond donors (Lipinski definition) is 0. The molecular weight excluding hydrogens is 256 g/mol. The van der Waals surface area contributed by atoms with E-state index in [2.05, 4.69) is 0 Å². The van der Waals surface area contributed by atoms with Gasteiger partial charge >= 0.3 is 5.97 Å². The third-order valence-corrected chi connectivity index (χ3v) is 3.56. The van der Waals surface area contributed by atoms with Crippen LogP contribution in [0.15, 0.2) is 30.3 Å². The summed E-state index contributed by atoms with van der Waals surface area (Å²) in [5, 5.41) is 0. The van der Waals surface area contributed by atoms with Gasteiger partial charge in [0.15, 0.2) is 0 Å². The number of carbonyl (C=O) groups excluding carboxylic acids is 2. The van der Waals surface area contributed by atoms with Crippen LogP contribution in [0.4, 0.5) is 0 Å². The van der Waals surface area contributed by atoms with Crippen LogP contribution in [0.3, 0.4) is 0 Å². The van der Waals surface area contributed by atoms with Gasteiger partial charge in [-0.3, -0.25) is 4.79 Å². The lowest BCUT2D eigenvalue weighted by molar-refractivity contribution is -0.142. The molecule has 0 spiro atoms. The van der Waals surface area contributed by atoms with Crippen molar-refractivity contribution in [2.24, 2.45) is 11.8 Å². The van der Waals surface area contributed by atoms with E-state index in [1.165, 1.54) is 6.92 Å². The lowest BCUT2D eigenvalue weighted by Crippen LogP contribution is -2.20. The molecule has 0 unspecified atom stereocenters. The van der Waals surface area contributed by atoms with E-state index in [4.69, 9.17) is 9.47 Å². The second-order valence-corrected chi connectivity index (χ2v) is 5.23. The van der Waals surface area contributed by atoms with Crippen LogP contribution in [-0.2, 0) is 25.7 Å². The molecule has 0 amide bonds. The highest BCUT2D eigenvalue weighted by Gasteiger charge is 2.37. The van der Waals surface area contributed by atoms with Crippen molar-refractivity contribution in [2.45, 2.75) is 26.4 Å². The normalized spacial score (nSPS) is 21.8. The molecular formula is C16H20O4. The van der Waals surface area contributed by atoms with Crippen LogP contribution >= 0.6 is 0 Å². The van der Waals surface area contributed by atoms with Crippen molar-refractivity contribution < 1.29 is 19.1 Å². The van der Waals surface area contributed by atoms with E-state index in [0.717, 1.165) is 12.0 Å². The maximum Gasteiger partial charge on any atom is 0.309 e. The Balaban J connectivity index is 1.73. The van der Waals surface area contributed by atoms with E-state index in [1.807, 2.05) is 30.3 Å². The molecule has 2 rings (SSSR count). The highest BCUT2D eigenvalue weighted by atomic mass is 16.5. The van der Waals surface area contributed by atoms with Gasteiger partial charge in [0.2, 0.25) is 0 Å². The zero-order chi connectivity index (χ0) is 14.4. The van der Waals surface area contributed by atoms with Crippen LogP contribution in [0, 0.1) is 11.8 Å². The standard InChI is InChI=1S/C16H20O4/c1-12(17)9-15-14(11-20-16(15)18)7-8-19-10-13-5-3-2-4-6-13/h2-6,14-15H,7-11H2,1H3/t14-,15-/m0/s1. The summed E-state index contributed by atoms with van der Waals surface area (Å²) in [5.74, 6) is -0.396. The third kappa shape index (κ3) is 4.17. The Morgan fingerprint density at radius 2 is 2.10 bits per heavy atom. The molecule has 0 bridgehead atoms. The lowest BCUT2D eigenvalue weighted by atomic mass is 9.89. The minimum absolute atomic E-state index is 0.0315. The summed E-state index contributed by atoms with van der Waals surface area (Å²) in [6.07, 6.45) is 1.03.